The Morgan fingerprint density at radius 3 is 2.37 bits per heavy atom. The Morgan fingerprint density at radius 2 is 1.78 bits per heavy atom. The summed E-state index contributed by atoms with van der Waals surface area (Å²) in [5, 5.41) is 4.00. The maximum absolute atomic E-state index is 11.9. The van der Waals surface area contributed by atoms with Crippen LogP contribution >= 0.6 is 11.8 Å². The molecule has 0 heterocycles. The summed E-state index contributed by atoms with van der Waals surface area (Å²) < 4.78 is 15.9. The summed E-state index contributed by atoms with van der Waals surface area (Å²) >= 11 is 1.55. The van der Waals surface area contributed by atoms with Crippen LogP contribution in [0.5, 0.6) is 17.2 Å². The van der Waals surface area contributed by atoms with Crippen LogP contribution in [0.1, 0.15) is 16.7 Å². The summed E-state index contributed by atoms with van der Waals surface area (Å²) in [5.74, 6) is 2.53. The molecule has 0 atom stereocenters. The third-order valence-electron chi connectivity index (χ3n) is 3.84. The average molecular weight is 388 g/mol. The highest BCUT2D eigenvalue weighted by atomic mass is 32.2. The predicted molar refractivity (Wildman–Crippen MR) is 109 cm³/mol. The van der Waals surface area contributed by atoms with E-state index in [9.17, 15) is 4.79 Å². The summed E-state index contributed by atoms with van der Waals surface area (Å²) in [7, 11) is 4.64. The first-order valence-electron chi connectivity index (χ1n) is 8.33. The van der Waals surface area contributed by atoms with Crippen molar-refractivity contribution < 1.29 is 19.0 Å². The first kappa shape index (κ1) is 20.6. The lowest BCUT2D eigenvalue weighted by Crippen LogP contribution is -2.19. The van der Waals surface area contributed by atoms with E-state index < -0.39 is 0 Å². The number of nitrogens with zero attached hydrogens (tertiary/aromatic N) is 1. The van der Waals surface area contributed by atoms with Crippen LogP contribution in [0.3, 0.4) is 0 Å². The number of amides is 1. The van der Waals surface area contributed by atoms with E-state index in [0.717, 1.165) is 11.3 Å². The van der Waals surface area contributed by atoms with Gasteiger partial charge in [0, 0.05) is 11.3 Å². The number of nitrogens with one attached hydrogen (secondary N) is 1. The average Bonchev–Trinajstić information content (AvgIpc) is 2.68. The fraction of sp³-hybridized carbons (Fsp3) is 0.300. The number of rotatable bonds is 9. The minimum atomic E-state index is -0.155. The number of methoxy groups -OCH3 is 3. The topological polar surface area (TPSA) is 69.2 Å². The summed E-state index contributed by atoms with van der Waals surface area (Å²) in [6.07, 6.45) is 1.54. The molecule has 144 valence electrons. The molecule has 7 heteroatoms. The molecular weight excluding hydrogens is 364 g/mol. The van der Waals surface area contributed by atoms with Crippen molar-refractivity contribution in [2.45, 2.75) is 12.7 Å². The molecule has 0 unspecified atom stereocenters. The number of benzene rings is 2. The van der Waals surface area contributed by atoms with Crippen molar-refractivity contribution in [2.24, 2.45) is 5.10 Å². The Bertz CT molecular complexity index is 783. The molecule has 27 heavy (non-hydrogen) atoms. The molecular formula is C20H24N2O4S. The smallest absolute Gasteiger partial charge is 0.250 e. The first-order chi connectivity index (χ1) is 13.1. The highest BCUT2D eigenvalue weighted by Gasteiger charge is 2.12. The molecule has 0 bridgehead atoms. The molecule has 0 saturated heterocycles. The lowest BCUT2D eigenvalue weighted by Gasteiger charge is -2.12. The minimum Gasteiger partial charge on any atom is -0.493 e. The van der Waals surface area contributed by atoms with Crippen LogP contribution < -0.4 is 19.6 Å². The number of hydrazone groups is 1. The van der Waals surface area contributed by atoms with Gasteiger partial charge in [-0.15, -0.1) is 11.8 Å². The predicted octanol–water partition coefficient (Wildman–Crippen LogP) is 3.40. The van der Waals surface area contributed by atoms with Gasteiger partial charge in [0.25, 0.3) is 0 Å². The number of hydrogen-bond acceptors (Lipinski definition) is 6. The summed E-state index contributed by atoms with van der Waals surface area (Å²) in [4.78, 5) is 11.9. The Hall–Kier alpha value is -2.67. The molecule has 2 rings (SSSR count). The van der Waals surface area contributed by atoms with Crippen molar-refractivity contribution >= 4 is 23.9 Å². The van der Waals surface area contributed by atoms with E-state index in [4.69, 9.17) is 14.2 Å². The SMILES string of the molecule is COc1cc(/C=N\NC(=O)CSCc2ccccc2C)cc(OC)c1OC. The van der Waals surface area contributed by atoms with Gasteiger partial charge in [-0.05, 0) is 30.2 Å². The van der Waals surface area contributed by atoms with Crippen LogP contribution in [-0.2, 0) is 10.5 Å². The largest absolute Gasteiger partial charge is 0.493 e. The number of carbonyl (C=O) groups excluding carboxylic acids is 1. The van der Waals surface area contributed by atoms with Crippen molar-refractivity contribution in [2.75, 3.05) is 27.1 Å². The highest BCUT2D eigenvalue weighted by molar-refractivity contribution is 7.99. The van der Waals surface area contributed by atoms with Gasteiger partial charge in [0.05, 0.1) is 33.3 Å². The summed E-state index contributed by atoms with van der Waals surface area (Å²) in [6, 6.07) is 11.7. The molecule has 2 aromatic rings. The number of hydrogen-bond donors (Lipinski definition) is 1. The van der Waals surface area contributed by atoms with Crippen LogP contribution in [0.4, 0.5) is 0 Å². The van der Waals surface area contributed by atoms with Gasteiger partial charge in [-0.25, -0.2) is 5.43 Å². The van der Waals surface area contributed by atoms with Gasteiger partial charge in [-0.1, -0.05) is 24.3 Å². The molecule has 1 amide bonds. The molecule has 0 spiro atoms. The van der Waals surface area contributed by atoms with Crippen molar-refractivity contribution in [1.82, 2.24) is 5.43 Å². The normalized spacial score (nSPS) is 10.7. The zero-order valence-corrected chi connectivity index (χ0v) is 16.8. The quantitative estimate of drug-likeness (QED) is 0.527. The lowest BCUT2D eigenvalue weighted by molar-refractivity contribution is -0.118. The monoisotopic (exact) mass is 388 g/mol. The Morgan fingerprint density at radius 1 is 1.11 bits per heavy atom. The van der Waals surface area contributed by atoms with E-state index in [2.05, 4.69) is 29.6 Å². The number of thioether (sulfide) groups is 1. The highest BCUT2D eigenvalue weighted by Crippen LogP contribution is 2.37. The van der Waals surface area contributed by atoms with Crippen LogP contribution in [0.2, 0.25) is 0 Å². The van der Waals surface area contributed by atoms with Crippen LogP contribution in [0.15, 0.2) is 41.5 Å². The second-order valence-corrected chi connectivity index (χ2v) is 6.66. The molecule has 1 N–H and O–H groups in total. The Balaban J connectivity index is 1.89. The third-order valence-corrected chi connectivity index (χ3v) is 4.82. The van der Waals surface area contributed by atoms with Gasteiger partial charge in [0.2, 0.25) is 11.7 Å². The zero-order valence-electron chi connectivity index (χ0n) is 15.9. The van der Waals surface area contributed by atoms with Crippen molar-refractivity contribution in [1.29, 1.82) is 0 Å². The van der Waals surface area contributed by atoms with Gasteiger partial charge < -0.3 is 14.2 Å². The van der Waals surface area contributed by atoms with Crippen molar-refractivity contribution in [3.8, 4) is 17.2 Å². The molecule has 0 aliphatic rings. The fourth-order valence-electron chi connectivity index (χ4n) is 2.41. The molecule has 6 nitrogen and oxygen atoms in total. The Kier molecular flexibility index (Phi) is 8.00. The van der Waals surface area contributed by atoms with E-state index in [-0.39, 0.29) is 5.91 Å². The number of aryl methyl sites for hydroxylation is 1. The summed E-state index contributed by atoms with van der Waals surface area (Å²) in [6.45, 7) is 2.07. The van der Waals surface area contributed by atoms with Crippen LogP contribution in [0.25, 0.3) is 0 Å². The zero-order chi connectivity index (χ0) is 19.6. The molecule has 0 aromatic heterocycles. The van der Waals surface area contributed by atoms with Gasteiger partial charge in [-0.2, -0.15) is 5.10 Å². The van der Waals surface area contributed by atoms with Crippen LogP contribution in [-0.4, -0.2) is 39.2 Å². The minimum absolute atomic E-state index is 0.155. The van der Waals surface area contributed by atoms with Crippen molar-refractivity contribution in [3.05, 3.63) is 53.1 Å². The fourth-order valence-corrected chi connectivity index (χ4v) is 3.31. The number of ether oxygens (including phenoxy) is 3. The maximum Gasteiger partial charge on any atom is 0.250 e. The molecule has 0 aliphatic heterocycles. The third kappa shape index (κ3) is 5.92. The standard InChI is InChI=1S/C20H24N2O4S/c1-14-7-5-6-8-16(14)12-27-13-19(23)22-21-11-15-9-17(24-2)20(26-4)18(10-15)25-3/h5-11H,12-13H2,1-4H3,(H,22,23)/b21-11-. The van der Waals surface area contributed by atoms with Gasteiger partial charge >= 0.3 is 0 Å². The van der Waals surface area contributed by atoms with Gasteiger partial charge in [-0.3, -0.25) is 4.79 Å². The summed E-state index contributed by atoms with van der Waals surface area (Å²) in [5.41, 5.74) is 5.71. The van der Waals surface area contributed by atoms with Gasteiger partial charge in [0.1, 0.15) is 0 Å². The number of carbonyl (C=O) groups is 1. The molecule has 0 aliphatic carbocycles. The second kappa shape index (κ2) is 10.5. The first-order valence-corrected chi connectivity index (χ1v) is 9.48. The van der Waals surface area contributed by atoms with E-state index in [0.29, 0.717) is 23.0 Å². The van der Waals surface area contributed by atoms with Crippen LogP contribution in [0, 0.1) is 6.92 Å². The lowest BCUT2D eigenvalue weighted by atomic mass is 10.1. The molecule has 2 aromatic carbocycles. The van der Waals surface area contributed by atoms with E-state index in [1.807, 2.05) is 12.1 Å². The molecule has 0 radical (unpaired) electrons. The maximum atomic E-state index is 11.9. The van der Waals surface area contributed by atoms with E-state index in [1.165, 1.54) is 17.3 Å². The van der Waals surface area contributed by atoms with Gasteiger partial charge in [0.15, 0.2) is 11.5 Å². The second-order valence-electron chi connectivity index (χ2n) is 5.67. The molecule has 0 saturated carbocycles. The molecule has 0 fully saturated rings. The Labute approximate surface area is 163 Å². The van der Waals surface area contributed by atoms with E-state index >= 15 is 0 Å². The van der Waals surface area contributed by atoms with E-state index in [1.54, 1.807) is 45.2 Å². The van der Waals surface area contributed by atoms with Crippen molar-refractivity contribution in [3.63, 3.8) is 0 Å².